The van der Waals surface area contributed by atoms with Crippen molar-refractivity contribution in [2.45, 2.75) is 70.4 Å². The number of alkyl halides is 2. The average Bonchev–Trinajstić information content (AvgIpc) is 2.70. The highest BCUT2D eigenvalue weighted by Gasteiger charge is 2.43. The van der Waals surface area contributed by atoms with Crippen LogP contribution in [-0.4, -0.2) is 52.5 Å². The lowest BCUT2D eigenvalue weighted by Gasteiger charge is -2.33. The van der Waals surface area contributed by atoms with E-state index < -0.39 is 59.7 Å². The van der Waals surface area contributed by atoms with E-state index in [4.69, 9.17) is 21.1 Å². The normalized spacial score (nSPS) is 15.3. The summed E-state index contributed by atoms with van der Waals surface area (Å²) in [5.41, 5.74) is -0.0646. The van der Waals surface area contributed by atoms with Crippen molar-refractivity contribution in [1.82, 2.24) is 10.6 Å². The second-order valence-electron chi connectivity index (χ2n) is 8.65. The van der Waals surface area contributed by atoms with Crippen LogP contribution in [0.4, 0.5) is 9.18 Å². The van der Waals surface area contributed by atoms with Crippen LogP contribution >= 0.6 is 11.6 Å². The number of benzene rings is 1. The van der Waals surface area contributed by atoms with Gasteiger partial charge in [0.2, 0.25) is 0 Å². The minimum atomic E-state index is -1.98. The average molecular weight is 475 g/mol. The topological polar surface area (TPSA) is 114 Å². The molecule has 0 spiro atoms. The summed E-state index contributed by atoms with van der Waals surface area (Å²) < 4.78 is 23.4. The largest absolute Gasteiger partial charge is 0.460 e. The molecular formula is C22H32ClFN2O6. The Morgan fingerprint density at radius 1 is 1.16 bits per heavy atom. The number of halogens is 2. The summed E-state index contributed by atoms with van der Waals surface area (Å²) in [6.07, 6.45) is -3.11. The minimum absolute atomic E-state index is 0.0405. The van der Waals surface area contributed by atoms with Gasteiger partial charge in [-0.15, -0.1) is 0 Å². The Bertz CT molecular complexity index is 771. The lowest BCUT2D eigenvalue weighted by atomic mass is 10.0. The van der Waals surface area contributed by atoms with Crippen LogP contribution in [-0.2, 0) is 25.7 Å². The number of rotatable bonds is 10. The van der Waals surface area contributed by atoms with Gasteiger partial charge >= 0.3 is 12.1 Å². The van der Waals surface area contributed by atoms with E-state index in [9.17, 15) is 23.9 Å². The zero-order valence-electron chi connectivity index (χ0n) is 19.0. The number of aliphatic hydroxyl groups excluding tert-OH is 1. The van der Waals surface area contributed by atoms with Crippen molar-refractivity contribution in [2.75, 3.05) is 6.67 Å². The maximum absolute atomic E-state index is 13.1. The standard InChI is InChI=1S/C22H32ClFN2O6/c1-14(2)22(23,26-20(30)31-13-15-9-7-6-8-10-15)19(29)25-16(17(27)12-24)11-18(28)32-21(3,4)5/h6-10,14,16-17,27H,11-13H2,1-5H3,(H,25,29)(H,26,30)/t16?,17?,22-/m0/s1. The number of alkyl carbamates (subject to hydrolysis) is 1. The Balaban J connectivity index is 2.87. The van der Waals surface area contributed by atoms with Crippen LogP contribution in [0.5, 0.6) is 0 Å². The number of nitrogens with one attached hydrogen (secondary N) is 2. The molecule has 1 aromatic rings. The molecule has 3 N–H and O–H groups in total. The van der Waals surface area contributed by atoms with Crippen LogP contribution in [0, 0.1) is 5.92 Å². The maximum atomic E-state index is 13.1. The summed E-state index contributed by atoms with van der Waals surface area (Å²) in [6, 6.07) is 7.58. The lowest BCUT2D eigenvalue weighted by molar-refractivity contribution is -0.156. The molecule has 0 radical (unpaired) electrons. The Kier molecular flexibility index (Phi) is 10.4. The fraction of sp³-hybridized carbons (Fsp3) is 0.591. The van der Waals surface area contributed by atoms with Gasteiger partial charge < -0.3 is 19.9 Å². The van der Waals surface area contributed by atoms with E-state index >= 15 is 0 Å². The first-order valence-corrected chi connectivity index (χ1v) is 10.6. The van der Waals surface area contributed by atoms with E-state index in [-0.39, 0.29) is 6.61 Å². The predicted molar refractivity (Wildman–Crippen MR) is 118 cm³/mol. The predicted octanol–water partition coefficient (Wildman–Crippen LogP) is 3.05. The minimum Gasteiger partial charge on any atom is -0.460 e. The molecule has 2 amide bonds. The van der Waals surface area contributed by atoms with Gasteiger partial charge in [0, 0.05) is 0 Å². The van der Waals surface area contributed by atoms with E-state index in [1.54, 1.807) is 58.9 Å². The number of amides is 2. The second kappa shape index (κ2) is 12.0. The highest BCUT2D eigenvalue weighted by atomic mass is 35.5. The van der Waals surface area contributed by atoms with Crippen molar-refractivity contribution >= 4 is 29.6 Å². The Morgan fingerprint density at radius 3 is 2.25 bits per heavy atom. The molecule has 0 aromatic heterocycles. The molecule has 180 valence electrons. The molecule has 32 heavy (non-hydrogen) atoms. The monoisotopic (exact) mass is 474 g/mol. The molecule has 0 aliphatic rings. The van der Waals surface area contributed by atoms with E-state index in [2.05, 4.69) is 10.6 Å². The fourth-order valence-corrected chi connectivity index (χ4v) is 2.73. The molecule has 2 unspecified atom stereocenters. The number of carbonyl (C=O) groups is 3. The summed E-state index contributed by atoms with van der Waals surface area (Å²) in [5, 5.41) is 14.6. The van der Waals surface area contributed by atoms with Crippen molar-refractivity contribution in [2.24, 2.45) is 5.92 Å². The second-order valence-corrected chi connectivity index (χ2v) is 9.24. The first kappa shape index (κ1) is 27.6. The Morgan fingerprint density at radius 2 is 1.75 bits per heavy atom. The van der Waals surface area contributed by atoms with Crippen LogP contribution < -0.4 is 10.6 Å². The van der Waals surface area contributed by atoms with Crippen LogP contribution in [0.3, 0.4) is 0 Å². The summed E-state index contributed by atoms with van der Waals surface area (Å²) in [4.78, 5) is 35.3. The highest BCUT2D eigenvalue weighted by Crippen LogP contribution is 2.24. The molecule has 10 heteroatoms. The van der Waals surface area contributed by atoms with E-state index in [1.807, 2.05) is 6.07 Å². The zero-order valence-corrected chi connectivity index (χ0v) is 19.7. The van der Waals surface area contributed by atoms with E-state index in [1.165, 1.54) is 0 Å². The molecule has 0 aliphatic heterocycles. The number of esters is 1. The summed E-state index contributed by atoms with van der Waals surface area (Å²) in [7, 11) is 0. The third kappa shape index (κ3) is 9.00. The molecule has 0 heterocycles. The van der Waals surface area contributed by atoms with Gasteiger partial charge in [-0.05, 0) is 32.3 Å². The number of carbonyl (C=O) groups excluding carboxylic acids is 3. The summed E-state index contributed by atoms with van der Waals surface area (Å²) >= 11 is 6.42. The van der Waals surface area contributed by atoms with Gasteiger partial charge in [0.15, 0.2) is 5.00 Å². The van der Waals surface area contributed by atoms with Gasteiger partial charge in [-0.2, -0.15) is 0 Å². The number of hydrogen-bond acceptors (Lipinski definition) is 6. The highest BCUT2D eigenvalue weighted by molar-refractivity contribution is 6.35. The molecule has 0 aliphatic carbocycles. The number of aliphatic hydroxyl groups is 1. The maximum Gasteiger partial charge on any atom is 0.409 e. The fourth-order valence-electron chi connectivity index (χ4n) is 2.60. The number of hydrogen-bond donors (Lipinski definition) is 3. The Hall–Kier alpha value is -2.39. The van der Waals surface area contributed by atoms with Crippen molar-refractivity contribution in [1.29, 1.82) is 0 Å². The molecule has 0 saturated carbocycles. The van der Waals surface area contributed by atoms with Gasteiger partial charge in [0.05, 0.1) is 12.5 Å². The lowest BCUT2D eigenvalue weighted by Crippen LogP contribution is -2.61. The third-order valence-electron chi connectivity index (χ3n) is 4.37. The molecule has 1 rings (SSSR count). The molecule has 0 fully saturated rings. The Labute approximate surface area is 192 Å². The SMILES string of the molecule is CC(C)[C@](Cl)(NC(=O)OCc1ccccc1)C(=O)NC(CC(=O)OC(C)(C)C)C(O)CF. The van der Waals surface area contributed by atoms with Crippen LogP contribution in [0.25, 0.3) is 0 Å². The smallest absolute Gasteiger partial charge is 0.409 e. The van der Waals surface area contributed by atoms with Crippen LogP contribution in [0.2, 0.25) is 0 Å². The van der Waals surface area contributed by atoms with Crippen molar-refractivity contribution in [3.63, 3.8) is 0 Å². The van der Waals surface area contributed by atoms with Crippen molar-refractivity contribution < 1.29 is 33.4 Å². The quantitative estimate of drug-likeness (QED) is 0.273. The van der Waals surface area contributed by atoms with Gasteiger partial charge in [-0.3, -0.25) is 14.9 Å². The summed E-state index contributed by atoms with van der Waals surface area (Å²) in [5.74, 6) is -2.29. The van der Waals surface area contributed by atoms with Gasteiger partial charge in [-0.1, -0.05) is 55.8 Å². The molecule has 0 saturated heterocycles. The summed E-state index contributed by atoms with van der Waals surface area (Å²) in [6.45, 7) is 6.86. The van der Waals surface area contributed by atoms with Gasteiger partial charge in [0.25, 0.3) is 5.91 Å². The molecular weight excluding hydrogens is 443 g/mol. The molecule has 3 atom stereocenters. The van der Waals surface area contributed by atoms with Crippen LogP contribution in [0.1, 0.15) is 46.6 Å². The van der Waals surface area contributed by atoms with Gasteiger partial charge in [0.1, 0.15) is 25.0 Å². The van der Waals surface area contributed by atoms with E-state index in [0.717, 1.165) is 5.56 Å². The van der Waals surface area contributed by atoms with Crippen molar-refractivity contribution in [3.8, 4) is 0 Å². The van der Waals surface area contributed by atoms with Crippen molar-refractivity contribution in [3.05, 3.63) is 35.9 Å². The van der Waals surface area contributed by atoms with Crippen LogP contribution in [0.15, 0.2) is 30.3 Å². The van der Waals surface area contributed by atoms with E-state index in [0.29, 0.717) is 0 Å². The first-order chi connectivity index (χ1) is 14.8. The number of ether oxygens (including phenoxy) is 2. The third-order valence-corrected chi connectivity index (χ3v) is 5.07. The first-order valence-electron chi connectivity index (χ1n) is 10.2. The van der Waals surface area contributed by atoms with Gasteiger partial charge in [-0.25, -0.2) is 9.18 Å². The molecule has 0 bridgehead atoms. The molecule has 8 nitrogen and oxygen atoms in total. The zero-order chi connectivity index (χ0) is 24.5. The molecule has 1 aromatic carbocycles.